The van der Waals surface area contributed by atoms with Gasteiger partial charge in [0.1, 0.15) is 5.75 Å². The molecule has 1 amide bonds. The molecule has 0 radical (unpaired) electrons. The van der Waals surface area contributed by atoms with Crippen LogP contribution in [0.2, 0.25) is 5.02 Å². The van der Waals surface area contributed by atoms with Crippen LogP contribution >= 0.6 is 11.6 Å². The molecule has 0 saturated carbocycles. The molecule has 0 fully saturated rings. The number of hydrogen-bond acceptors (Lipinski definition) is 3. The van der Waals surface area contributed by atoms with Gasteiger partial charge in [-0.15, -0.1) is 0 Å². The predicted octanol–water partition coefficient (Wildman–Crippen LogP) is 3.25. The molecule has 0 aliphatic heterocycles. The molecule has 2 aromatic rings. The maximum absolute atomic E-state index is 12.1. The highest BCUT2D eigenvalue weighted by atomic mass is 35.5. The van der Waals surface area contributed by atoms with Crippen LogP contribution < -0.4 is 4.74 Å². The van der Waals surface area contributed by atoms with E-state index in [1.54, 1.807) is 24.1 Å². The highest BCUT2D eigenvalue weighted by Gasteiger charge is 2.11. The van der Waals surface area contributed by atoms with Gasteiger partial charge in [-0.3, -0.25) is 4.79 Å². The van der Waals surface area contributed by atoms with Crippen molar-refractivity contribution in [2.45, 2.75) is 6.54 Å². The lowest BCUT2D eigenvalue weighted by Crippen LogP contribution is -2.30. The average Bonchev–Trinajstić information content (AvgIpc) is 2.54. The van der Waals surface area contributed by atoms with Gasteiger partial charge in [0.05, 0.1) is 16.7 Å². The van der Waals surface area contributed by atoms with Crippen molar-refractivity contribution in [3.8, 4) is 11.8 Å². The Hall–Kier alpha value is -2.51. The molecular weight excluding hydrogens is 300 g/mol. The normalized spacial score (nSPS) is 9.86. The van der Waals surface area contributed by atoms with E-state index in [9.17, 15) is 4.79 Å². The summed E-state index contributed by atoms with van der Waals surface area (Å²) < 4.78 is 5.42. The van der Waals surface area contributed by atoms with Crippen molar-refractivity contribution in [1.82, 2.24) is 4.90 Å². The Balaban J connectivity index is 1.91. The molecular formula is C17H15ClN2O2. The second kappa shape index (κ2) is 7.48. The van der Waals surface area contributed by atoms with Gasteiger partial charge >= 0.3 is 0 Å². The van der Waals surface area contributed by atoms with E-state index in [4.69, 9.17) is 21.6 Å². The van der Waals surface area contributed by atoms with Gasteiger partial charge in [0.2, 0.25) is 0 Å². The Morgan fingerprint density at radius 3 is 2.64 bits per heavy atom. The van der Waals surface area contributed by atoms with Gasteiger partial charge in [0, 0.05) is 13.6 Å². The van der Waals surface area contributed by atoms with E-state index in [-0.39, 0.29) is 12.5 Å². The summed E-state index contributed by atoms with van der Waals surface area (Å²) in [7, 11) is 1.72. The van der Waals surface area contributed by atoms with Gasteiger partial charge in [-0.2, -0.15) is 5.26 Å². The van der Waals surface area contributed by atoms with Crippen molar-refractivity contribution in [2.24, 2.45) is 0 Å². The molecule has 5 heteroatoms. The molecule has 0 atom stereocenters. The van der Waals surface area contributed by atoms with E-state index in [1.165, 1.54) is 6.07 Å². The van der Waals surface area contributed by atoms with Crippen LogP contribution in [0.15, 0.2) is 48.5 Å². The molecule has 0 bridgehead atoms. The van der Waals surface area contributed by atoms with Gasteiger partial charge in [-0.25, -0.2) is 0 Å². The minimum Gasteiger partial charge on any atom is -0.482 e. The number of likely N-dealkylation sites (N-methyl/N-ethyl adjacent to an activating group) is 1. The minimum absolute atomic E-state index is 0.102. The summed E-state index contributed by atoms with van der Waals surface area (Å²) in [5.41, 5.74) is 1.50. The first kappa shape index (κ1) is 15.9. The minimum atomic E-state index is -0.149. The van der Waals surface area contributed by atoms with E-state index < -0.39 is 0 Å². The quantitative estimate of drug-likeness (QED) is 0.851. The van der Waals surface area contributed by atoms with Crippen LogP contribution in [0.1, 0.15) is 11.1 Å². The summed E-state index contributed by atoms with van der Waals surface area (Å²) in [6.45, 7) is 0.416. The molecule has 0 heterocycles. The zero-order valence-electron chi connectivity index (χ0n) is 12.1. The summed E-state index contributed by atoms with van der Waals surface area (Å²) in [5.74, 6) is 0.242. The summed E-state index contributed by atoms with van der Waals surface area (Å²) in [6.07, 6.45) is 0. The van der Waals surface area contributed by atoms with Crippen LogP contribution in [0.25, 0.3) is 0 Å². The first-order valence-electron chi connectivity index (χ1n) is 6.70. The Morgan fingerprint density at radius 1 is 1.27 bits per heavy atom. The van der Waals surface area contributed by atoms with Gasteiger partial charge in [-0.1, -0.05) is 41.9 Å². The van der Waals surface area contributed by atoms with Crippen LogP contribution in [0.3, 0.4) is 0 Å². The van der Waals surface area contributed by atoms with Gasteiger partial charge in [0.15, 0.2) is 6.61 Å². The van der Waals surface area contributed by atoms with E-state index >= 15 is 0 Å². The Labute approximate surface area is 134 Å². The lowest BCUT2D eigenvalue weighted by Gasteiger charge is -2.17. The highest BCUT2D eigenvalue weighted by Crippen LogP contribution is 2.25. The third-order valence-corrected chi connectivity index (χ3v) is 3.40. The van der Waals surface area contributed by atoms with Crippen LogP contribution in [0.5, 0.6) is 5.75 Å². The van der Waals surface area contributed by atoms with E-state index in [0.717, 1.165) is 5.56 Å². The molecule has 0 unspecified atom stereocenters. The van der Waals surface area contributed by atoms with Crippen molar-refractivity contribution in [3.05, 3.63) is 64.7 Å². The fraction of sp³-hybridized carbons (Fsp3) is 0.176. The number of hydrogen-bond donors (Lipinski definition) is 0. The summed E-state index contributed by atoms with van der Waals surface area (Å²) in [4.78, 5) is 13.7. The monoisotopic (exact) mass is 314 g/mol. The van der Waals surface area contributed by atoms with Gasteiger partial charge < -0.3 is 9.64 Å². The van der Waals surface area contributed by atoms with E-state index in [2.05, 4.69) is 0 Å². The highest BCUT2D eigenvalue weighted by molar-refractivity contribution is 6.32. The number of carbonyl (C=O) groups is 1. The van der Waals surface area contributed by atoms with Crippen molar-refractivity contribution >= 4 is 17.5 Å². The molecule has 4 nitrogen and oxygen atoms in total. The maximum Gasteiger partial charge on any atom is 0.260 e. The molecule has 112 valence electrons. The molecule has 0 aliphatic carbocycles. The lowest BCUT2D eigenvalue weighted by molar-refractivity contribution is -0.132. The summed E-state index contributed by atoms with van der Waals surface area (Å²) >= 11 is 6.00. The predicted molar refractivity (Wildman–Crippen MR) is 84.6 cm³/mol. The number of nitrogens with zero attached hydrogens (tertiary/aromatic N) is 2. The number of ether oxygens (including phenoxy) is 1. The second-order valence-electron chi connectivity index (χ2n) is 4.78. The smallest absolute Gasteiger partial charge is 0.260 e. The maximum atomic E-state index is 12.1. The number of carbonyl (C=O) groups excluding carboxylic acids is 1. The fourth-order valence-electron chi connectivity index (χ4n) is 1.88. The van der Waals surface area contributed by atoms with Crippen molar-refractivity contribution in [2.75, 3.05) is 13.7 Å². The molecule has 22 heavy (non-hydrogen) atoms. The third-order valence-electron chi connectivity index (χ3n) is 3.10. The molecule has 2 rings (SSSR count). The molecule has 0 saturated heterocycles. The van der Waals surface area contributed by atoms with E-state index in [1.807, 2.05) is 36.4 Å². The van der Waals surface area contributed by atoms with Crippen LogP contribution in [0, 0.1) is 11.3 Å². The lowest BCUT2D eigenvalue weighted by atomic mass is 10.2. The number of amides is 1. The largest absolute Gasteiger partial charge is 0.482 e. The van der Waals surface area contributed by atoms with Gasteiger partial charge in [0.25, 0.3) is 5.91 Å². The third kappa shape index (κ3) is 4.24. The van der Waals surface area contributed by atoms with Crippen molar-refractivity contribution in [3.63, 3.8) is 0 Å². The average molecular weight is 315 g/mol. The molecule has 0 N–H and O–H groups in total. The number of rotatable bonds is 5. The molecule has 0 spiro atoms. The summed E-state index contributed by atoms with van der Waals surface area (Å²) in [6, 6.07) is 16.4. The second-order valence-corrected chi connectivity index (χ2v) is 5.19. The molecule has 0 aromatic heterocycles. The van der Waals surface area contributed by atoms with Gasteiger partial charge in [-0.05, 0) is 23.8 Å². The zero-order chi connectivity index (χ0) is 15.9. The number of halogens is 1. The molecule has 2 aromatic carbocycles. The van der Waals surface area contributed by atoms with Crippen LogP contribution in [-0.4, -0.2) is 24.5 Å². The molecule has 0 aliphatic rings. The zero-order valence-corrected chi connectivity index (χ0v) is 12.9. The first-order valence-corrected chi connectivity index (χ1v) is 7.08. The topological polar surface area (TPSA) is 53.3 Å². The standard InChI is InChI=1S/C17H15ClN2O2/c1-20(11-13-5-3-2-4-6-13)17(21)12-22-16-8-7-14(10-19)9-15(16)18/h2-9H,11-12H2,1H3. The van der Waals surface area contributed by atoms with Crippen LogP contribution in [-0.2, 0) is 11.3 Å². The number of benzene rings is 2. The SMILES string of the molecule is CN(Cc1ccccc1)C(=O)COc1ccc(C#N)cc1Cl. The number of nitriles is 1. The van der Waals surface area contributed by atoms with E-state index in [0.29, 0.717) is 22.9 Å². The van der Waals surface area contributed by atoms with Crippen molar-refractivity contribution < 1.29 is 9.53 Å². The Morgan fingerprint density at radius 2 is 2.00 bits per heavy atom. The van der Waals surface area contributed by atoms with Crippen LogP contribution in [0.4, 0.5) is 0 Å². The first-order chi connectivity index (χ1) is 10.6. The fourth-order valence-corrected chi connectivity index (χ4v) is 2.12. The van der Waals surface area contributed by atoms with Crippen molar-refractivity contribution in [1.29, 1.82) is 5.26 Å². The Bertz CT molecular complexity index is 696. The Kier molecular flexibility index (Phi) is 5.40. The summed E-state index contributed by atoms with van der Waals surface area (Å²) in [5, 5.41) is 9.09.